The van der Waals surface area contributed by atoms with E-state index in [1.165, 1.54) is 6.20 Å². The number of nitrogens with one attached hydrogen (secondary N) is 1. The molecule has 6 nitrogen and oxygen atoms in total. The number of pyridine rings is 1. The summed E-state index contributed by atoms with van der Waals surface area (Å²) >= 11 is 0. The highest BCUT2D eigenvalue weighted by Crippen LogP contribution is 2.14. The van der Waals surface area contributed by atoms with E-state index in [4.69, 9.17) is 0 Å². The smallest absolute Gasteiger partial charge is 0.214 e. The van der Waals surface area contributed by atoms with Crippen molar-refractivity contribution < 1.29 is 4.79 Å². The molecule has 0 atom stereocenters. The topological polar surface area (TPSA) is 71.0 Å². The maximum absolute atomic E-state index is 12.6. The number of rotatable bonds is 4. The van der Waals surface area contributed by atoms with Crippen LogP contribution < -0.4 is 10.2 Å². The molecule has 0 spiro atoms. The summed E-state index contributed by atoms with van der Waals surface area (Å²) in [6, 6.07) is 1.76. The van der Waals surface area contributed by atoms with E-state index in [1.807, 2.05) is 0 Å². The van der Waals surface area contributed by atoms with Crippen molar-refractivity contribution >= 4 is 17.7 Å². The Morgan fingerprint density at radius 1 is 1.17 bits per heavy atom. The molecule has 118 valence electrons. The molecule has 0 unspecified atom stereocenters. The first-order valence-corrected chi connectivity index (χ1v) is 7.68. The van der Waals surface area contributed by atoms with E-state index in [-0.39, 0.29) is 5.78 Å². The molecular formula is C17H19N5O. The van der Waals surface area contributed by atoms with Gasteiger partial charge in [0.25, 0.3) is 0 Å². The third-order valence-electron chi connectivity index (χ3n) is 3.78. The molecule has 0 amide bonds. The Hall–Kier alpha value is -2.60. The van der Waals surface area contributed by atoms with Gasteiger partial charge >= 0.3 is 0 Å². The average molecular weight is 309 g/mol. The molecule has 1 saturated heterocycles. The maximum atomic E-state index is 12.6. The number of hydrogen-bond acceptors (Lipinski definition) is 6. The zero-order valence-corrected chi connectivity index (χ0v) is 12.9. The Labute approximate surface area is 135 Å². The zero-order chi connectivity index (χ0) is 16.1. The Balaban J connectivity index is 1.86. The normalized spacial score (nSPS) is 15.0. The minimum Gasteiger partial charge on any atom is -0.354 e. The number of nitrogens with zero attached hydrogens (tertiary/aromatic N) is 4. The monoisotopic (exact) mass is 309 g/mol. The summed E-state index contributed by atoms with van der Waals surface area (Å²) in [4.78, 5) is 27.5. The third kappa shape index (κ3) is 3.60. The van der Waals surface area contributed by atoms with Gasteiger partial charge in [-0.25, -0.2) is 4.98 Å². The zero-order valence-electron chi connectivity index (χ0n) is 12.9. The second-order valence-electron chi connectivity index (χ2n) is 5.39. The van der Waals surface area contributed by atoms with E-state index in [0.717, 1.165) is 44.0 Å². The molecule has 1 N–H and O–H groups in total. The van der Waals surface area contributed by atoms with Crippen LogP contribution in [-0.2, 0) is 0 Å². The van der Waals surface area contributed by atoms with Crippen LogP contribution in [0.1, 0.15) is 28.0 Å². The summed E-state index contributed by atoms with van der Waals surface area (Å²) in [5.74, 6) is 0.566. The predicted octanol–water partition coefficient (Wildman–Crippen LogP) is 1.55. The molecule has 6 heteroatoms. The summed E-state index contributed by atoms with van der Waals surface area (Å²) in [5.41, 5.74) is 1.63. The third-order valence-corrected chi connectivity index (χ3v) is 3.78. The van der Waals surface area contributed by atoms with Crippen LogP contribution in [0.4, 0.5) is 5.82 Å². The lowest BCUT2D eigenvalue weighted by Gasteiger charge is -2.20. The van der Waals surface area contributed by atoms with Crippen molar-refractivity contribution in [3.63, 3.8) is 0 Å². The van der Waals surface area contributed by atoms with Crippen molar-refractivity contribution in [2.24, 2.45) is 0 Å². The largest absolute Gasteiger partial charge is 0.354 e. The van der Waals surface area contributed by atoms with Crippen LogP contribution in [0.2, 0.25) is 0 Å². The number of aromatic nitrogens is 3. The van der Waals surface area contributed by atoms with Crippen molar-refractivity contribution in [3.05, 3.63) is 54.3 Å². The molecule has 0 saturated carbocycles. The molecule has 3 heterocycles. The predicted molar refractivity (Wildman–Crippen MR) is 89.5 cm³/mol. The molecule has 0 bridgehead atoms. The van der Waals surface area contributed by atoms with Crippen molar-refractivity contribution in [3.8, 4) is 0 Å². The van der Waals surface area contributed by atoms with Gasteiger partial charge in [0, 0.05) is 37.6 Å². The summed E-state index contributed by atoms with van der Waals surface area (Å²) in [6.45, 7) is 7.38. The fourth-order valence-electron chi connectivity index (χ4n) is 2.53. The van der Waals surface area contributed by atoms with E-state index in [2.05, 4.69) is 31.7 Å². The summed E-state index contributed by atoms with van der Waals surface area (Å²) in [5, 5.41) is 3.35. The first-order chi connectivity index (χ1) is 11.3. The van der Waals surface area contributed by atoms with Crippen molar-refractivity contribution in [1.82, 2.24) is 20.3 Å². The molecule has 2 aromatic rings. The molecule has 0 radical (unpaired) electrons. The van der Waals surface area contributed by atoms with E-state index in [1.54, 1.807) is 30.7 Å². The summed E-state index contributed by atoms with van der Waals surface area (Å²) < 4.78 is 0. The van der Waals surface area contributed by atoms with Crippen LogP contribution >= 0.6 is 0 Å². The molecule has 1 aliphatic rings. The first kappa shape index (κ1) is 15.3. The number of carbonyl (C=O) groups is 1. The van der Waals surface area contributed by atoms with Gasteiger partial charge in [-0.1, -0.05) is 12.7 Å². The Morgan fingerprint density at radius 3 is 2.91 bits per heavy atom. The Morgan fingerprint density at radius 2 is 2.04 bits per heavy atom. The van der Waals surface area contributed by atoms with Gasteiger partial charge in [0.15, 0.2) is 0 Å². The van der Waals surface area contributed by atoms with Gasteiger partial charge in [-0.15, -0.1) is 0 Å². The van der Waals surface area contributed by atoms with E-state index < -0.39 is 0 Å². The number of hydrogen-bond donors (Lipinski definition) is 1. The number of anilines is 1. The van der Waals surface area contributed by atoms with E-state index in [0.29, 0.717) is 11.3 Å². The van der Waals surface area contributed by atoms with Crippen LogP contribution in [0.15, 0.2) is 37.4 Å². The van der Waals surface area contributed by atoms with Gasteiger partial charge in [0.1, 0.15) is 11.5 Å². The van der Waals surface area contributed by atoms with Crippen LogP contribution in [0, 0.1) is 0 Å². The van der Waals surface area contributed by atoms with Gasteiger partial charge in [0.2, 0.25) is 5.78 Å². The molecule has 3 rings (SSSR count). The Kier molecular flexibility index (Phi) is 4.73. The van der Waals surface area contributed by atoms with E-state index in [9.17, 15) is 4.79 Å². The molecule has 0 aromatic carbocycles. The van der Waals surface area contributed by atoms with Crippen LogP contribution in [-0.4, -0.2) is 46.9 Å². The number of carbonyl (C=O) groups excluding carboxylic acids is 1. The minimum atomic E-state index is -0.177. The Bertz CT molecular complexity index is 708. The summed E-state index contributed by atoms with van der Waals surface area (Å²) in [6.07, 6.45) is 9.12. The molecule has 23 heavy (non-hydrogen) atoms. The van der Waals surface area contributed by atoms with Gasteiger partial charge in [-0.05, 0) is 24.6 Å². The highest BCUT2D eigenvalue weighted by Gasteiger charge is 2.16. The average Bonchev–Trinajstić information content (AvgIpc) is 2.90. The lowest BCUT2D eigenvalue weighted by Crippen LogP contribution is -2.29. The standard InChI is InChI=1S/C17H19N5O/c1-2-13-8-14(10-19-9-13)17(23)15-11-20-12-16(21-15)22-6-3-4-18-5-7-22/h2,8-12,18H,1,3-7H2. The van der Waals surface area contributed by atoms with Crippen molar-refractivity contribution in [2.45, 2.75) is 6.42 Å². The van der Waals surface area contributed by atoms with Gasteiger partial charge in [-0.3, -0.25) is 14.8 Å². The SMILES string of the molecule is C=Cc1cncc(C(=O)c2cncc(N3CCCNCC3)n2)c1. The van der Waals surface area contributed by atoms with Gasteiger partial charge in [0.05, 0.1) is 12.4 Å². The quantitative estimate of drug-likeness (QED) is 0.864. The lowest BCUT2D eigenvalue weighted by molar-refractivity contribution is 0.103. The molecule has 2 aromatic heterocycles. The minimum absolute atomic E-state index is 0.177. The molecule has 1 aliphatic heterocycles. The van der Waals surface area contributed by atoms with Crippen LogP contribution in [0.5, 0.6) is 0 Å². The lowest BCUT2D eigenvalue weighted by atomic mass is 10.1. The summed E-state index contributed by atoms with van der Waals surface area (Å²) in [7, 11) is 0. The second-order valence-corrected chi connectivity index (χ2v) is 5.39. The first-order valence-electron chi connectivity index (χ1n) is 7.68. The second kappa shape index (κ2) is 7.11. The molecule has 1 fully saturated rings. The molecule has 0 aliphatic carbocycles. The van der Waals surface area contributed by atoms with Gasteiger partial charge < -0.3 is 10.2 Å². The highest BCUT2D eigenvalue weighted by molar-refractivity contribution is 6.07. The highest BCUT2D eigenvalue weighted by atomic mass is 16.1. The van der Waals surface area contributed by atoms with Crippen molar-refractivity contribution in [1.29, 1.82) is 0 Å². The maximum Gasteiger partial charge on any atom is 0.214 e. The molecular weight excluding hydrogens is 290 g/mol. The van der Waals surface area contributed by atoms with Crippen molar-refractivity contribution in [2.75, 3.05) is 31.1 Å². The van der Waals surface area contributed by atoms with Crippen LogP contribution in [0.25, 0.3) is 6.08 Å². The van der Waals surface area contributed by atoms with Crippen LogP contribution in [0.3, 0.4) is 0 Å². The van der Waals surface area contributed by atoms with Gasteiger partial charge in [-0.2, -0.15) is 0 Å². The van der Waals surface area contributed by atoms with E-state index >= 15 is 0 Å². The fraction of sp³-hybridized carbons (Fsp3) is 0.294. The fourth-order valence-corrected chi connectivity index (χ4v) is 2.53. The number of ketones is 1.